The number of aromatic nitrogens is 1. The zero-order valence-electron chi connectivity index (χ0n) is 18.9. The second-order valence-electron chi connectivity index (χ2n) is 8.49. The van der Waals surface area contributed by atoms with E-state index in [1.165, 1.54) is 44.0 Å². The number of nitrogens with one attached hydrogen (secondary N) is 3. The highest BCUT2D eigenvalue weighted by Gasteiger charge is 2.17. The molecule has 1 saturated carbocycles. The number of carbonyl (C=O) groups is 3. The topological polar surface area (TPSA) is 100 Å². The summed E-state index contributed by atoms with van der Waals surface area (Å²) in [6.45, 7) is 4.27. The minimum Gasteiger partial charge on any atom is -0.352 e. The van der Waals surface area contributed by atoms with Gasteiger partial charge in [-0.25, -0.2) is 4.98 Å². The maximum absolute atomic E-state index is 12.7. The molecular weight excluding hydrogens is 440 g/mol. The molecule has 0 bridgehead atoms. The molecule has 2 aromatic rings. The number of halogens is 1. The Morgan fingerprint density at radius 1 is 1.06 bits per heavy atom. The van der Waals surface area contributed by atoms with Gasteiger partial charge in [-0.1, -0.05) is 42.9 Å². The van der Waals surface area contributed by atoms with Gasteiger partial charge < -0.3 is 16.0 Å². The van der Waals surface area contributed by atoms with E-state index in [2.05, 4.69) is 20.9 Å². The lowest BCUT2D eigenvalue weighted by atomic mass is 10.0. The van der Waals surface area contributed by atoms with Crippen molar-refractivity contribution in [3.05, 3.63) is 64.3 Å². The molecule has 3 N–H and O–H groups in total. The number of anilines is 2. The third-order valence-electron chi connectivity index (χ3n) is 5.48. The van der Waals surface area contributed by atoms with Gasteiger partial charge in [0.05, 0.1) is 22.5 Å². The number of hydrogen-bond donors (Lipinski definition) is 3. The Labute approximate surface area is 199 Å². The number of nitrogens with zero attached hydrogens (tertiary/aromatic N) is 1. The lowest BCUT2D eigenvalue weighted by molar-refractivity contribution is -0.112. The van der Waals surface area contributed by atoms with E-state index in [9.17, 15) is 14.4 Å². The summed E-state index contributed by atoms with van der Waals surface area (Å²) in [5, 5.41) is 8.54. The number of benzene rings is 1. The summed E-state index contributed by atoms with van der Waals surface area (Å²) in [6.07, 6.45) is 8.90. The Kier molecular flexibility index (Phi) is 8.60. The van der Waals surface area contributed by atoms with E-state index in [1.54, 1.807) is 24.3 Å². The fourth-order valence-electron chi connectivity index (χ4n) is 3.80. The molecule has 1 aromatic heterocycles. The first-order chi connectivity index (χ1) is 15.8. The monoisotopic (exact) mass is 468 g/mol. The van der Waals surface area contributed by atoms with Crippen LogP contribution in [0.5, 0.6) is 0 Å². The van der Waals surface area contributed by atoms with Crippen molar-refractivity contribution in [2.24, 2.45) is 5.92 Å². The number of pyridine rings is 1. The zero-order chi connectivity index (χ0) is 23.8. The highest BCUT2D eigenvalue weighted by atomic mass is 35.5. The first-order valence-electron chi connectivity index (χ1n) is 11.1. The Bertz CT molecular complexity index is 1040. The van der Waals surface area contributed by atoms with E-state index in [4.69, 9.17) is 11.6 Å². The van der Waals surface area contributed by atoms with Crippen molar-refractivity contribution in [2.75, 3.05) is 17.2 Å². The molecule has 1 heterocycles. The van der Waals surface area contributed by atoms with Crippen molar-refractivity contribution in [3.8, 4) is 0 Å². The Morgan fingerprint density at radius 3 is 2.48 bits per heavy atom. The summed E-state index contributed by atoms with van der Waals surface area (Å²) in [6, 6.07) is 7.85. The van der Waals surface area contributed by atoms with Crippen LogP contribution in [0.25, 0.3) is 0 Å². The molecule has 0 radical (unpaired) electrons. The van der Waals surface area contributed by atoms with Crippen LogP contribution in [-0.4, -0.2) is 29.3 Å². The van der Waals surface area contributed by atoms with E-state index in [-0.39, 0.29) is 22.4 Å². The van der Waals surface area contributed by atoms with Gasteiger partial charge in [0, 0.05) is 18.2 Å². The molecule has 1 aliphatic carbocycles. The van der Waals surface area contributed by atoms with E-state index in [1.807, 2.05) is 13.8 Å². The van der Waals surface area contributed by atoms with Gasteiger partial charge in [0.2, 0.25) is 5.91 Å². The third kappa shape index (κ3) is 7.43. The molecule has 174 valence electrons. The molecule has 33 heavy (non-hydrogen) atoms. The molecule has 7 nitrogen and oxygen atoms in total. The molecular formula is C25H29ClN4O3. The van der Waals surface area contributed by atoms with Crippen molar-refractivity contribution >= 4 is 40.8 Å². The minimum atomic E-state index is -0.455. The van der Waals surface area contributed by atoms with Crippen molar-refractivity contribution in [3.63, 3.8) is 0 Å². The van der Waals surface area contributed by atoms with Gasteiger partial charge in [-0.05, 0) is 56.5 Å². The smallest absolute Gasteiger partial charge is 0.257 e. The van der Waals surface area contributed by atoms with Crippen LogP contribution in [0.3, 0.4) is 0 Å². The summed E-state index contributed by atoms with van der Waals surface area (Å²) >= 11 is 6.22. The van der Waals surface area contributed by atoms with E-state index in [0.29, 0.717) is 29.5 Å². The van der Waals surface area contributed by atoms with Crippen LogP contribution in [0.4, 0.5) is 11.5 Å². The van der Waals surface area contributed by atoms with Gasteiger partial charge in [0.25, 0.3) is 11.8 Å². The molecule has 0 aliphatic heterocycles. The molecule has 3 rings (SSSR count). The Hall–Kier alpha value is -3.19. The molecule has 0 spiro atoms. The SMILES string of the molecule is CC(C)=CC(=O)Nc1ccc(NC(=O)c2cc(C(=O)NCCC3CCCC3)ccc2Cl)cn1. The second-order valence-corrected chi connectivity index (χ2v) is 8.89. The number of carbonyl (C=O) groups excluding carboxylic acids is 3. The standard InChI is InChI=1S/C25H29ClN4O3/c1-16(2)13-23(31)30-22-10-8-19(15-28-22)29-25(33)20-14-18(7-9-21(20)26)24(32)27-12-11-17-5-3-4-6-17/h7-10,13-15,17H,3-6,11-12H2,1-2H3,(H,27,32)(H,29,33)(H,28,30,31). The lowest BCUT2D eigenvalue weighted by Crippen LogP contribution is -2.26. The fourth-order valence-corrected chi connectivity index (χ4v) is 4.00. The summed E-state index contributed by atoms with van der Waals surface area (Å²) in [5.41, 5.74) is 1.88. The van der Waals surface area contributed by atoms with E-state index in [0.717, 1.165) is 12.0 Å². The van der Waals surface area contributed by atoms with Gasteiger partial charge in [0.15, 0.2) is 0 Å². The fraction of sp³-hybridized carbons (Fsp3) is 0.360. The highest BCUT2D eigenvalue weighted by molar-refractivity contribution is 6.34. The molecule has 8 heteroatoms. The predicted octanol–water partition coefficient (Wildman–Crippen LogP) is 5.20. The van der Waals surface area contributed by atoms with Gasteiger partial charge in [-0.3, -0.25) is 14.4 Å². The molecule has 0 atom stereocenters. The zero-order valence-corrected chi connectivity index (χ0v) is 19.7. The third-order valence-corrected chi connectivity index (χ3v) is 5.81. The van der Waals surface area contributed by atoms with Crippen molar-refractivity contribution in [1.82, 2.24) is 10.3 Å². The average molecular weight is 469 g/mol. The number of allylic oxidation sites excluding steroid dienone is 1. The summed E-state index contributed by atoms with van der Waals surface area (Å²) < 4.78 is 0. The Balaban J connectivity index is 1.59. The molecule has 1 fully saturated rings. The van der Waals surface area contributed by atoms with Gasteiger partial charge in [-0.15, -0.1) is 0 Å². The van der Waals surface area contributed by atoms with Crippen LogP contribution in [-0.2, 0) is 4.79 Å². The quantitative estimate of drug-likeness (QED) is 0.463. The van der Waals surface area contributed by atoms with E-state index < -0.39 is 5.91 Å². The molecule has 0 saturated heterocycles. The number of hydrogen-bond acceptors (Lipinski definition) is 4. The maximum Gasteiger partial charge on any atom is 0.257 e. The highest BCUT2D eigenvalue weighted by Crippen LogP contribution is 2.27. The van der Waals surface area contributed by atoms with Crippen LogP contribution >= 0.6 is 11.6 Å². The largest absolute Gasteiger partial charge is 0.352 e. The Morgan fingerprint density at radius 2 is 1.82 bits per heavy atom. The first kappa shape index (κ1) is 24.5. The van der Waals surface area contributed by atoms with Crippen LogP contribution in [0, 0.1) is 5.92 Å². The number of rotatable bonds is 8. The van der Waals surface area contributed by atoms with Crippen LogP contribution in [0.1, 0.15) is 66.7 Å². The molecule has 3 amide bonds. The normalized spacial score (nSPS) is 13.3. The molecule has 0 unspecified atom stereocenters. The van der Waals surface area contributed by atoms with Gasteiger partial charge in [0.1, 0.15) is 5.82 Å². The van der Waals surface area contributed by atoms with Crippen LogP contribution in [0.2, 0.25) is 5.02 Å². The first-order valence-corrected chi connectivity index (χ1v) is 11.5. The van der Waals surface area contributed by atoms with Crippen molar-refractivity contribution in [1.29, 1.82) is 0 Å². The van der Waals surface area contributed by atoms with Gasteiger partial charge in [-0.2, -0.15) is 0 Å². The second kappa shape index (κ2) is 11.6. The lowest BCUT2D eigenvalue weighted by Gasteiger charge is -2.11. The van der Waals surface area contributed by atoms with Crippen LogP contribution < -0.4 is 16.0 Å². The molecule has 1 aromatic carbocycles. The van der Waals surface area contributed by atoms with Crippen molar-refractivity contribution < 1.29 is 14.4 Å². The molecule has 1 aliphatic rings. The van der Waals surface area contributed by atoms with Gasteiger partial charge >= 0.3 is 0 Å². The average Bonchev–Trinajstić information content (AvgIpc) is 3.28. The summed E-state index contributed by atoms with van der Waals surface area (Å²) in [4.78, 5) is 41.2. The summed E-state index contributed by atoms with van der Waals surface area (Å²) in [7, 11) is 0. The van der Waals surface area contributed by atoms with E-state index >= 15 is 0 Å². The summed E-state index contributed by atoms with van der Waals surface area (Å²) in [5.74, 6) is 0.104. The van der Waals surface area contributed by atoms with Crippen LogP contribution in [0.15, 0.2) is 48.2 Å². The predicted molar refractivity (Wildman–Crippen MR) is 131 cm³/mol. The van der Waals surface area contributed by atoms with Crippen molar-refractivity contribution in [2.45, 2.75) is 46.0 Å². The number of amides is 3. The minimum absolute atomic E-state index is 0.195. The maximum atomic E-state index is 12.7.